The minimum atomic E-state index is -0.867. The van der Waals surface area contributed by atoms with Gasteiger partial charge in [-0.15, -0.1) is 0 Å². The molecular weight excluding hydrogens is 405 g/mol. The second-order valence-electron chi connectivity index (χ2n) is 7.63. The van der Waals surface area contributed by atoms with Crippen molar-refractivity contribution in [3.05, 3.63) is 0 Å². The minimum Gasteiger partial charge on any atom is -0.356 e. The highest BCUT2D eigenvalue weighted by molar-refractivity contribution is 6.29. The molecule has 2 atom stereocenters. The quantitative estimate of drug-likeness (QED) is 0.182. The Morgan fingerprint density at radius 2 is 1.55 bits per heavy atom. The lowest BCUT2D eigenvalue weighted by Gasteiger charge is -2.16. The van der Waals surface area contributed by atoms with Gasteiger partial charge in [0.15, 0.2) is 0 Å². The largest absolute Gasteiger partial charge is 0.356 e. The molecule has 0 aromatic rings. The lowest BCUT2D eigenvalue weighted by molar-refractivity contribution is -0.140. The number of nitrogens with zero attached hydrogens (tertiary/aromatic N) is 2. The van der Waals surface area contributed by atoms with Gasteiger partial charge in [0.25, 0.3) is 0 Å². The number of likely N-dealkylation sites (tertiary alicyclic amines) is 2. The maximum Gasteiger partial charge on any atom is 0.236 e. The molecule has 0 spiro atoms. The molecule has 2 aliphatic rings. The van der Waals surface area contributed by atoms with Crippen LogP contribution in [0.3, 0.4) is 0 Å². The van der Waals surface area contributed by atoms with E-state index in [9.17, 15) is 28.8 Å². The minimum absolute atomic E-state index is 0.00658. The van der Waals surface area contributed by atoms with E-state index in [1.807, 2.05) is 0 Å². The van der Waals surface area contributed by atoms with Crippen LogP contribution in [0.15, 0.2) is 0 Å². The highest BCUT2D eigenvalue weighted by Crippen LogP contribution is 2.21. The van der Waals surface area contributed by atoms with Gasteiger partial charge in [-0.25, -0.2) is 0 Å². The fourth-order valence-corrected chi connectivity index (χ4v) is 3.37. The van der Waals surface area contributed by atoms with Crippen molar-refractivity contribution >= 4 is 43.3 Å². The molecule has 11 nitrogen and oxygen atoms in total. The van der Waals surface area contributed by atoms with Gasteiger partial charge in [-0.3, -0.25) is 38.6 Å². The van der Waals surface area contributed by atoms with Gasteiger partial charge in [-0.1, -0.05) is 0 Å². The summed E-state index contributed by atoms with van der Waals surface area (Å²) < 4.78 is 0. The molecule has 2 rings (SSSR count). The number of carbonyl (C=O) groups excluding carboxylic acids is 6. The van der Waals surface area contributed by atoms with E-state index < -0.39 is 23.7 Å². The average molecular weight is 433 g/mol. The number of rotatable bonds is 12. The Labute approximate surface area is 181 Å². The second-order valence-corrected chi connectivity index (χ2v) is 7.63. The van der Waals surface area contributed by atoms with Gasteiger partial charge < -0.3 is 16.4 Å². The molecule has 2 saturated heterocycles. The summed E-state index contributed by atoms with van der Waals surface area (Å²) in [5.41, 5.74) is 5.79. The number of imide groups is 2. The number of amides is 6. The van der Waals surface area contributed by atoms with Crippen molar-refractivity contribution in [3.8, 4) is 0 Å². The van der Waals surface area contributed by atoms with Crippen molar-refractivity contribution < 1.29 is 28.8 Å². The van der Waals surface area contributed by atoms with Crippen LogP contribution in [0.2, 0.25) is 5.82 Å². The molecule has 2 radical (unpaired) electrons. The predicted octanol–water partition coefficient (Wildman–Crippen LogP) is -2.03. The first-order valence-electron chi connectivity index (χ1n) is 10.4. The number of carbonyl (C=O) groups is 6. The molecule has 2 fully saturated rings. The Morgan fingerprint density at radius 3 is 2.13 bits per heavy atom. The standard InChI is InChI=1S/C19H28BN5O6/c20-12-11-17(29)25(19(12)31)10-2-8-23-18(30)13(21)3-4-14(26)22-7-1-9-24-15(27)5-6-16(24)28/h12-13H,1-11,21H2,(H,22,26)(H,23,30)/t12?,13-/m0/s1. The van der Waals surface area contributed by atoms with Crippen molar-refractivity contribution in [2.75, 3.05) is 26.2 Å². The third kappa shape index (κ3) is 7.16. The van der Waals surface area contributed by atoms with Crippen LogP contribution in [-0.4, -0.2) is 85.3 Å². The monoisotopic (exact) mass is 433 g/mol. The highest BCUT2D eigenvalue weighted by Gasteiger charge is 2.34. The Morgan fingerprint density at radius 1 is 0.968 bits per heavy atom. The van der Waals surface area contributed by atoms with Gasteiger partial charge >= 0.3 is 0 Å². The third-order valence-corrected chi connectivity index (χ3v) is 5.19. The van der Waals surface area contributed by atoms with E-state index in [0.717, 1.165) is 4.90 Å². The van der Waals surface area contributed by atoms with E-state index in [1.54, 1.807) is 0 Å². The molecule has 0 aromatic heterocycles. The molecule has 4 N–H and O–H groups in total. The van der Waals surface area contributed by atoms with Crippen LogP contribution < -0.4 is 16.4 Å². The van der Waals surface area contributed by atoms with E-state index in [-0.39, 0.29) is 75.4 Å². The van der Waals surface area contributed by atoms with Crippen molar-refractivity contribution in [2.24, 2.45) is 5.73 Å². The molecule has 31 heavy (non-hydrogen) atoms. The van der Waals surface area contributed by atoms with Gasteiger partial charge in [0.05, 0.1) is 13.9 Å². The summed E-state index contributed by atoms with van der Waals surface area (Å²) in [6.45, 7) is 1.01. The summed E-state index contributed by atoms with van der Waals surface area (Å²) >= 11 is 0. The molecule has 12 heteroatoms. The molecule has 2 aliphatic heterocycles. The SMILES string of the molecule is [B]C1CC(=O)N(CCCNC(=O)[C@@H](N)CCC(=O)NCCCN2C(=O)CCC2=O)C1=O. The van der Waals surface area contributed by atoms with Crippen LogP contribution in [0.4, 0.5) is 0 Å². The molecule has 0 bridgehead atoms. The van der Waals surface area contributed by atoms with Crippen LogP contribution in [0.5, 0.6) is 0 Å². The lowest BCUT2D eigenvalue weighted by Crippen LogP contribution is -2.42. The first-order chi connectivity index (χ1) is 14.7. The number of nitrogens with one attached hydrogen (secondary N) is 2. The first kappa shape index (κ1) is 24.5. The average Bonchev–Trinajstić information content (AvgIpc) is 3.18. The fourth-order valence-electron chi connectivity index (χ4n) is 3.37. The van der Waals surface area contributed by atoms with Crippen LogP contribution >= 0.6 is 0 Å². The number of hydrogen-bond donors (Lipinski definition) is 3. The Balaban J connectivity index is 1.53. The number of nitrogens with two attached hydrogens (primary N) is 1. The van der Waals surface area contributed by atoms with E-state index >= 15 is 0 Å². The van der Waals surface area contributed by atoms with E-state index in [1.165, 1.54) is 4.90 Å². The Bertz CT molecular complexity index is 729. The second kappa shape index (κ2) is 11.6. The van der Waals surface area contributed by atoms with Crippen molar-refractivity contribution in [3.63, 3.8) is 0 Å². The summed E-state index contributed by atoms with van der Waals surface area (Å²) in [6.07, 6.45) is 1.55. The van der Waals surface area contributed by atoms with Crippen LogP contribution in [0.25, 0.3) is 0 Å². The van der Waals surface area contributed by atoms with Crippen LogP contribution in [0, 0.1) is 0 Å². The van der Waals surface area contributed by atoms with Gasteiger partial charge in [-0.05, 0) is 19.3 Å². The van der Waals surface area contributed by atoms with Gasteiger partial charge in [0.1, 0.15) is 0 Å². The zero-order chi connectivity index (χ0) is 23.0. The van der Waals surface area contributed by atoms with E-state index in [0.29, 0.717) is 19.4 Å². The van der Waals surface area contributed by atoms with Crippen LogP contribution in [-0.2, 0) is 28.8 Å². The van der Waals surface area contributed by atoms with Crippen molar-refractivity contribution in [1.82, 2.24) is 20.4 Å². The Hall–Kier alpha value is -2.76. The smallest absolute Gasteiger partial charge is 0.236 e. The normalized spacial score (nSPS) is 19.8. The lowest BCUT2D eigenvalue weighted by atomic mass is 9.86. The molecule has 1 unspecified atom stereocenters. The molecule has 2 heterocycles. The summed E-state index contributed by atoms with van der Waals surface area (Å²) in [5.74, 6) is -2.57. The summed E-state index contributed by atoms with van der Waals surface area (Å²) in [7, 11) is 5.53. The molecule has 0 saturated carbocycles. The molecule has 0 aromatic carbocycles. The molecule has 6 amide bonds. The maximum atomic E-state index is 12.0. The summed E-state index contributed by atoms with van der Waals surface area (Å²) in [5, 5.41) is 5.29. The van der Waals surface area contributed by atoms with Gasteiger partial charge in [-0.2, -0.15) is 0 Å². The predicted molar refractivity (Wildman–Crippen MR) is 109 cm³/mol. The summed E-state index contributed by atoms with van der Waals surface area (Å²) in [4.78, 5) is 72.4. The molecule has 0 aliphatic carbocycles. The molecule has 168 valence electrons. The van der Waals surface area contributed by atoms with E-state index in [4.69, 9.17) is 13.6 Å². The first-order valence-corrected chi connectivity index (χ1v) is 10.4. The van der Waals surface area contributed by atoms with E-state index in [2.05, 4.69) is 10.6 Å². The zero-order valence-electron chi connectivity index (χ0n) is 17.4. The molecular formula is C19H28BN5O6. The van der Waals surface area contributed by atoms with Crippen molar-refractivity contribution in [2.45, 2.75) is 56.8 Å². The fraction of sp³-hybridized carbons (Fsp3) is 0.684. The number of hydrogen-bond acceptors (Lipinski definition) is 7. The Kier molecular flexibility index (Phi) is 9.16. The summed E-state index contributed by atoms with van der Waals surface area (Å²) in [6, 6.07) is -0.867. The highest BCUT2D eigenvalue weighted by atomic mass is 16.2. The van der Waals surface area contributed by atoms with Crippen molar-refractivity contribution in [1.29, 1.82) is 0 Å². The van der Waals surface area contributed by atoms with Gasteiger partial charge in [0, 0.05) is 57.7 Å². The van der Waals surface area contributed by atoms with Crippen LogP contribution in [0.1, 0.15) is 44.9 Å². The topological polar surface area (TPSA) is 159 Å². The zero-order valence-corrected chi connectivity index (χ0v) is 17.4. The maximum absolute atomic E-state index is 12.0. The third-order valence-electron chi connectivity index (χ3n) is 5.19. The van der Waals surface area contributed by atoms with Gasteiger partial charge in [0.2, 0.25) is 35.4 Å².